The van der Waals surface area contributed by atoms with Crippen molar-refractivity contribution in [3.05, 3.63) is 65.5 Å². The number of nitrogens with zero attached hydrogens (tertiary/aromatic N) is 2. The van der Waals surface area contributed by atoms with Gasteiger partial charge in [-0.1, -0.05) is 42.5 Å². The zero-order valence-electron chi connectivity index (χ0n) is 13.2. The van der Waals surface area contributed by atoms with Crippen molar-refractivity contribution >= 4 is 22.7 Å². The van der Waals surface area contributed by atoms with Crippen LogP contribution in [0.25, 0.3) is 11.3 Å². The molecule has 0 fully saturated rings. The van der Waals surface area contributed by atoms with E-state index in [9.17, 15) is 0 Å². The van der Waals surface area contributed by atoms with Gasteiger partial charge in [0.15, 0.2) is 6.79 Å². The smallest absolute Gasteiger partial charge is 0.203 e. The van der Waals surface area contributed by atoms with Gasteiger partial charge in [0.25, 0.3) is 0 Å². The highest BCUT2D eigenvalue weighted by Crippen LogP contribution is 2.24. The topological polar surface area (TPSA) is 55.7 Å². The second-order valence-electron chi connectivity index (χ2n) is 4.90. The van der Waals surface area contributed by atoms with Crippen LogP contribution in [0.15, 0.2) is 65.1 Å². The lowest BCUT2D eigenvalue weighted by Gasteiger charge is -2.04. The molecule has 1 N–H and O–H groups in total. The van der Waals surface area contributed by atoms with E-state index in [2.05, 4.69) is 15.5 Å². The Morgan fingerprint density at radius 2 is 2.04 bits per heavy atom. The molecule has 0 aliphatic carbocycles. The molecule has 3 aromatic rings. The zero-order valence-corrected chi connectivity index (χ0v) is 14.0. The van der Waals surface area contributed by atoms with Crippen molar-refractivity contribution < 1.29 is 9.47 Å². The highest BCUT2D eigenvalue weighted by atomic mass is 32.1. The van der Waals surface area contributed by atoms with Crippen LogP contribution in [0.5, 0.6) is 5.75 Å². The molecule has 1 heterocycles. The molecule has 5 nitrogen and oxygen atoms in total. The third kappa shape index (κ3) is 4.41. The fraction of sp³-hybridized carbons (Fsp3) is 0.111. The van der Waals surface area contributed by atoms with E-state index in [0.29, 0.717) is 0 Å². The minimum Gasteiger partial charge on any atom is -0.468 e. The third-order valence-electron chi connectivity index (χ3n) is 3.15. The van der Waals surface area contributed by atoms with Gasteiger partial charge in [-0.15, -0.1) is 11.3 Å². The van der Waals surface area contributed by atoms with Crippen LogP contribution in [-0.4, -0.2) is 25.1 Å². The molecule has 6 heteroatoms. The number of hydrogen-bond donors (Lipinski definition) is 1. The number of ether oxygens (including phenoxy) is 2. The van der Waals surface area contributed by atoms with Gasteiger partial charge in [0.05, 0.1) is 11.9 Å². The van der Waals surface area contributed by atoms with Crippen molar-refractivity contribution in [2.24, 2.45) is 5.10 Å². The first-order valence-corrected chi connectivity index (χ1v) is 8.25. The van der Waals surface area contributed by atoms with Crippen LogP contribution in [0.3, 0.4) is 0 Å². The van der Waals surface area contributed by atoms with Gasteiger partial charge >= 0.3 is 0 Å². The van der Waals surface area contributed by atoms with E-state index < -0.39 is 0 Å². The third-order valence-corrected chi connectivity index (χ3v) is 3.90. The largest absolute Gasteiger partial charge is 0.468 e. The maximum Gasteiger partial charge on any atom is 0.203 e. The van der Waals surface area contributed by atoms with Crippen molar-refractivity contribution in [3.8, 4) is 17.0 Å². The van der Waals surface area contributed by atoms with Crippen LogP contribution in [0.4, 0.5) is 5.13 Å². The minimum absolute atomic E-state index is 0.222. The Kier molecular flexibility index (Phi) is 5.55. The predicted molar refractivity (Wildman–Crippen MR) is 97.7 cm³/mol. The Balaban J connectivity index is 1.61. The molecule has 0 amide bonds. The molecular weight excluding hydrogens is 322 g/mol. The Morgan fingerprint density at radius 3 is 2.88 bits per heavy atom. The highest BCUT2D eigenvalue weighted by Gasteiger charge is 2.02. The molecule has 3 rings (SSSR count). The monoisotopic (exact) mass is 339 g/mol. The summed E-state index contributed by atoms with van der Waals surface area (Å²) >= 11 is 1.52. The molecule has 0 aliphatic heterocycles. The van der Waals surface area contributed by atoms with Crippen LogP contribution in [0.1, 0.15) is 5.56 Å². The second kappa shape index (κ2) is 8.24. The van der Waals surface area contributed by atoms with E-state index in [-0.39, 0.29) is 6.79 Å². The summed E-state index contributed by atoms with van der Waals surface area (Å²) in [5.41, 5.74) is 5.91. The lowest BCUT2D eigenvalue weighted by molar-refractivity contribution is 0.0511. The summed E-state index contributed by atoms with van der Waals surface area (Å²) < 4.78 is 10.3. The van der Waals surface area contributed by atoms with Gasteiger partial charge in [-0.05, 0) is 17.7 Å². The highest BCUT2D eigenvalue weighted by molar-refractivity contribution is 7.14. The molecule has 0 saturated heterocycles. The molecule has 0 radical (unpaired) electrons. The van der Waals surface area contributed by atoms with E-state index in [1.807, 2.05) is 60.0 Å². The molecule has 0 saturated carbocycles. The SMILES string of the molecule is COCOc1cccc(C=NNc2nc(-c3ccccc3)cs2)c1. The Hall–Kier alpha value is -2.70. The molecular formula is C18H17N3O2S. The molecule has 0 atom stereocenters. The van der Waals surface area contributed by atoms with Crippen molar-refractivity contribution in [2.45, 2.75) is 0 Å². The van der Waals surface area contributed by atoms with Crippen molar-refractivity contribution in [1.29, 1.82) is 0 Å². The van der Waals surface area contributed by atoms with Crippen molar-refractivity contribution in [3.63, 3.8) is 0 Å². The van der Waals surface area contributed by atoms with Gasteiger partial charge in [0.1, 0.15) is 5.75 Å². The van der Waals surface area contributed by atoms with Crippen LogP contribution >= 0.6 is 11.3 Å². The maximum absolute atomic E-state index is 5.40. The predicted octanol–water partition coefficient (Wildman–Crippen LogP) is 4.24. The summed E-state index contributed by atoms with van der Waals surface area (Å²) in [7, 11) is 1.59. The number of hydrogen-bond acceptors (Lipinski definition) is 6. The van der Waals surface area contributed by atoms with Gasteiger partial charge in [-0.3, -0.25) is 5.43 Å². The fourth-order valence-electron chi connectivity index (χ4n) is 2.04. The van der Waals surface area contributed by atoms with Gasteiger partial charge in [-0.2, -0.15) is 5.10 Å². The number of benzene rings is 2. The second-order valence-corrected chi connectivity index (χ2v) is 5.76. The summed E-state index contributed by atoms with van der Waals surface area (Å²) in [6.07, 6.45) is 1.73. The minimum atomic E-state index is 0.222. The van der Waals surface area contributed by atoms with E-state index in [4.69, 9.17) is 9.47 Å². The van der Waals surface area contributed by atoms with E-state index >= 15 is 0 Å². The maximum atomic E-state index is 5.40. The zero-order chi connectivity index (χ0) is 16.6. The Bertz CT molecular complexity index is 803. The van der Waals surface area contributed by atoms with Gasteiger partial charge in [0, 0.05) is 18.1 Å². The first kappa shape index (κ1) is 16.2. The first-order valence-electron chi connectivity index (χ1n) is 7.37. The number of nitrogens with one attached hydrogen (secondary N) is 1. The molecule has 0 spiro atoms. The van der Waals surface area contributed by atoms with Crippen molar-refractivity contribution in [2.75, 3.05) is 19.3 Å². The number of anilines is 1. The van der Waals surface area contributed by atoms with Crippen LogP contribution in [-0.2, 0) is 4.74 Å². The lowest BCUT2D eigenvalue weighted by atomic mass is 10.2. The lowest BCUT2D eigenvalue weighted by Crippen LogP contribution is -1.99. The van der Waals surface area contributed by atoms with Crippen LogP contribution in [0.2, 0.25) is 0 Å². The number of hydrazone groups is 1. The summed E-state index contributed by atoms with van der Waals surface area (Å²) in [4.78, 5) is 4.52. The fourth-order valence-corrected chi connectivity index (χ4v) is 2.71. The number of thiazole rings is 1. The number of methoxy groups -OCH3 is 1. The standard InChI is InChI=1S/C18H17N3O2S/c1-22-13-23-16-9-5-6-14(10-16)11-19-21-18-20-17(12-24-18)15-7-3-2-4-8-15/h2-12H,13H2,1H3,(H,20,21). The van der Waals surface area contributed by atoms with E-state index in [0.717, 1.165) is 27.7 Å². The molecule has 2 aromatic carbocycles. The average Bonchev–Trinajstić information content (AvgIpc) is 3.10. The normalized spacial score (nSPS) is 10.9. The summed E-state index contributed by atoms with van der Waals surface area (Å²) in [5, 5.41) is 6.98. The summed E-state index contributed by atoms with van der Waals surface area (Å²) in [6.45, 7) is 0.222. The number of aromatic nitrogens is 1. The average molecular weight is 339 g/mol. The van der Waals surface area contributed by atoms with E-state index in [1.165, 1.54) is 11.3 Å². The summed E-state index contributed by atoms with van der Waals surface area (Å²) in [5.74, 6) is 0.737. The van der Waals surface area contributed by atoms with Crippen molar-refractivity contribution in [1.82, 2.24) is 4.98 Å². The molecule has 122 valence electrons. The quantitative estimate of drug-likeness (QED) is 0.397. The summed E-state index contributed by atoms with van der Waals surface area (Å²) in [6, 6.07) is 17.7. The Morgan fingerprint density at radius 1 is 1.17 bits per heavy atom. The number of rotatable bonds is 7. The molecule has 0 bridgehead atoms. The van der Waals surface area contributed by atoms with Crippen LogP contribution in [0, 0.1) is 0 Å². The molecule has 24 heavy (non-hydrogen) atoms. The van der Waals surface area contributed by atoms with E-state index in [1.54, 1.807) is 13.3 Å². The van der Waals surface area contributed by atoms with Gasteiger partial charge in [-0.25, -0.2) is 4.98 Å². The first-order chi connectivity index (χ1) is 11.8. The molecule has 0 aliphatic rings. The van der Waals surface area contributed by atoms with Gasteiger partial charge in [0.2, 0.25) is 5.13 Å². The molecule has 1 aromatic heterocycles. The van der Waals surface area contributed by atoms with Crippen LogP contribution < -0.4 is 10.2 Å². The molecule has 0 unspecified atom stereocenters. The Labute approximate surface area is 144 Å². The van der Waals surface area contributed by atoms with Gasteiger partial charge < -0.3 is 9.47 Å².